The van der Waals surface area contributed by atoms with Gasteiger partial charge in [-0.2, -0.15) is 18.4 Å². The van der Waals surface area contributed by atoms with Crippen molar-refractivity contribution in [3.63, 3.8) is 0 Å². The lowest BCUT2D eigenvalue weighted by Crippen LogP contribution is -2.30. The maximum absolute atomic E-state index is 12.2. The van der Waals surface area contributed by atoms with Gasteiger partial charge in [-0.25, -0.2) is 0 Å². The lowest BCUT2D eigenvalue weighted by Gasteiger charge is -2.16. The highest BCUT2D eigenvalue weighted by atomic mass is 19.4. The summed E-state index contributed by atoms with van der Waals surface area (Å²) in [5.41, 5.74) is 1.17. The van der Waals surface area contributed by atoms with Gasteiger partial charge in [-0.05, 0) is 24.6 Å². The number of nitrogens with zero attached hydrogens (tertiary/aromatic N) is 1. The van der Waals surface area contributed by atoms with Crippen LogP contribution in [0.1, 0.15) is 24.5 Å². The number of nitrogens with one attached hydrogen (secondary N) is 1. The highest BCUT2D eigenvalue weighted by Gasteiger charge is 2.29. The molecular weight excluding hydrogens is 257 g/mol. The quantitative estimate of drug-likeness (QED) is 0.896. The molecule has 0 heterocycles. The molecule has 0 saturated heterocycles. The molecule has 1 aromatic carbocycles. The van der Waals surface area contributed by atoms with Gasteiger partial charge in [0.15, 0.2) is 0 Å². The molecule has 1 atom stereocenters. The van der Waals surface area contributed by atoms with Crippen LogP contribution in [0.25, 0.3) is 0 Å². The summed E-state index contributed by atoms with van der Waals surface area (Å²) in [4.78, 5) is 0. The van der Waals surface area contributed by atoms with Gasteiger partial charge in [-0.15, -0.1) is 0 Å². The van der Waals surface area contributed by atoms with Crippen LogP contribution in [0.15, 0.2) is 18.2 Å². The number of hydrogen-bond acceptors (Lipinski definition) is 3. The van der Waals surface area contributed by atoms with Gasteiger partial charge in [-0.3, -0.25) is 0 Å². The third-order valence-electron chi connectivity index (χ3n) is 2.58. The molecule has 0 saturated carbocycles. The van der Waals surface area contributed by atoms with E-state index >= 15 is 0 Å². The molecule has 0 aliphatic carbocycles. The second kappa shape index (κ2) is 6.43. The Morgan fingerprint density at radius 3 is 2.63 bits per heavy atom. The van der Waals surface area contributed by atoms with Crippen molar-refractivity contribution in [1.29, 1.82) is 5.26 Å². The zero-order valence-electron chi connectivity index (χ0n) is 10.7. The van der Waals surface area contributed by atoms with Gasteiger partial charge in [0, 0.05) is 12.6 Å². The van der Waals surface area contributed by atoms with Crippen molar-refractivity contribution in [2.45, 2.75) is 32.1 Å². The molecule has 0 fully saturated rings. The van der Waals surface area contributed by atoms with Gasteiger partial charge < -0.3 is 10.1 Å². The molecule has 1 rings (SSSR count). The molecule has 1 unspecified atom stereocenters. The zero-order valence-corrected chi connectivity index (χ0v) is 10.7. The Hall–Kier alpha value is -1.74. The Balaban J connectivity index is 2.61. The molecule has 1 aromatic rings. The highest BCUT2D eigenvalue weighted by Crippen LogP contribution is 2.22. The Morgan fingerprint density at radius 1 is 1.42 bits per heavy atom. The second-order valence-electron chi connectivity index (χ2n) is 4.25. The van der Waals surface area contributed by atoms with Crippen LogP contribution in [0.4, 0.5) is 13.2 Å². The summed E-state index contributed by atoms with van der Waals surface area (Å²) in [6.45, 7) is 1.77. The summed E-state index contributed by atoms with van der Waals surface area (Å²) in [6, 6.07) is 6.23. The first-order chi connectivity index (χ1) is 8.85. The zero-order chi connectivity index (χ0) is 14.5. The van der Waals surface area contributed by atoms with Crippen molar-refractivity contribution in [2.75, 3.05) is 7.11 Å². The Kier molecular flexibility index (Phi) is 5.19. The lowest BCUT2D eigenvalue weighted by atomic mass is 10.1. The van der Waals surface area contributed by atoms with Crippen molar-refractivity contribution in [1.82, 2.24) is 5.32 Å². The van der Waals surface area contributed by atoms with Gasteiger partial charge in [0.2, 0.25) is 0 Å². The van der Waals surface area contributed by atoms with Crippen molar-refractivity contribution in [2.24, 2.45) is 0 Å². The van der Waals surface area contributed by atoms with Crippen molar-refractivity contribution < 1.29 is 17.9 Å². The molecule has 104 valence electrons. The molecule has 0 spiro atoms. The third kappa shape index (κ3) is 5.18. The number of methoxy groups -OCH3 is 1. The smallest absolute Gasteiger partial charge is 0.390 e. The fourth-order valence-electron chi connectivity index (χ4n) is 1.65. The summed E-state index contributed by atoms with van der Waals surface area (Å²) >= 11 is 0. The maximum atomic E-state index is 12.2. The summed E-state index contributed by atoms with van der Waals surface area (Å²) in [6.07, 6.45) is -5.05. The monoisotopic (exact) mass is 272 g/mol. The molecule has 3 nitrogen and oxygen atoms in total. The van der Waals surface area contributed by atoms with E-state index in [2.05, 4.69) is 5.32 Å². The number of halogens is 3. The van der Waals surface area contributed by atoms with E-state index in [1.54, 1.807) is 18.2 Å². The summed E-state index contributed by atoms with van der Waals surface area (Å²) in [7, 11) is 1.44. The van der Waals surface area contributed by atoms with E-state index in [0.717, 1.165) is 5.56 Å². The molecule has 0 bridgehead atoms. The van der Waals surface area contributed by atoms with Crippen LogP contribution < -0.4 is 10.1 Å². The summed E-state index contributed by atoms with van der Waals surface area (Å²) < 4.78 is 41.5. The number of ether oxygens (including phenoxy) is 1. The Bertz CT molecular complexity index is 466. The van der Waals surface area contributed by atoms with Crippen LogP contribution in [0.5, 0.6) is 5.75 Å². The van der Waals surface area contributed by atoms with E-state index in [-0.39, 0.29) is 0 Å². The average molecular weight is 272 g/mol. The normalized spacial score (nSPS) is 12.8. The first-order valence-corrected chi connectivity index (χ1v) is 5.73. The van der Waals surface area contributed by atoms with Crippen LogP contribution in [0, 0.1) is 11.3 Å². The van der Waals surface area contributed by atoms with Gasteiger partial charge >= 0.3 is 6.18 Å². The molecule has 0 amide bonds. The van der Waals surface area contributed by atoms with E-state index in [1.807, 2.05) is 6.07 Å². The number of nitriles is 1. The molecule has 1 N–H and O–H groups in total. The topological polar surface area (TPSA) is 45.0 Å². The number of hydrogen-bond donors (Lipinski definition) is 1. The van der Waals surface area contributed by atoms with E-state index in [1.165, 1.54) is 14.0 Å². The summed E-state index contributed by atoms with van der Waals surface area (Å²) in [5.74, 6) is 0.422. The first kappa shape index (κ1) is 15.3. The van der Waals surface area contributed by atoms with Gasteiger partial charge in [0.25, 0.3) is 0 Å². The lowest BCUT2D eigenvalue weighted by molar-refractivity contribution is -0.139. The van der Waals surface area contributed by atoms with Crippen LogP contribution in [0.3, 0.4) is 0 Å². The van der Waals surface area contributed by atoms with Crippen LogP contribution >= 0.6 is 0 Å². The van der Waals surface area contributed by atoms with E-state index in [4.69, 9.17) is 10.00 Å². The minimum absolute atomic E-state index is 0.291. The summed E-state index contributed by atoms with van der Waals surface area (Å²) in [5, 5.41) is 11.6. The molecule has 0 radical (unpaired) electrons. The predicted octanol–water partition coefficient (Wildman–Crippen LogP) is 3.00. The SMILES string of the molecule is COc1cc(CNC(C)CC(F)(F)F)ccc1C#N. The minimum Gasteiger partial charge on any atom is -0.495 e. The van der Waals surface area contributed by atoms with Crippen molar-refractivity contribution in [3.05, 3.63) is 29.3 Å². The largest absolute Gasteiger partial charge is 0.495 e. The number of benzene rings is 1. The fraction of sp³-hybridized carbons (Fsp3) is 0.462. The first-order valence-electron chi connectivity index (χ1n) is 5.73. The Labute approximate surface area is 110 Å². The molecule has 0 aliphatic rings. The fourth-order valence-corrected chi connectivity index (χ4v) is 1.65. The highest BCUT2D eigenvalue weighted by molar-refractivity contribution is 5.45. The Morgan fingerprint density at radius 2 is 2.11 bits per heavy atom. The number of rotatable bonds is 5. The van der Waals surface area contributed by atoms with Gasteiger partial charge in [-0.1, -0.05) is 6.07 Å². The molecule has 0 aromatic heterocycles. The molecule has 19 heavy (non-hydrogen) atoms. The third-order valence-corrected chi connectivity index (χ3v) is 2.58. The average Bonchev–Trinajstić information content (AvgIpc) is 2.33. The molecular formula is C13H15F3N2O. The van der Waals surface area contributed by atoms with E-state index < -0.39 is 18.6 Å². The van der Waals surface area contributed by atoms with Crippen LogP contribution in [-0.2, 0) is 6.54 Å². The van der Waals surface area contributed by atoms with E-state index in [9.17, 15) is 13.2 Å². The number of alkyl halides is 3. The van der Waals surface area contributed by atoms with Gasteiger partial charge in [0.05, 0.1) is 19.1 Å². The maximum Gasteiger partial charge on any atom is 0.390 e. The van der Waals surface area contributed by atoms with Crippen LogP contribution in [-0.4, -0.2) is 19.3 Å². The molecule has 0 aliphatic heterocycles. The van der Waals surface area contributed by atoms with Crippen molar-refractivity contribution in [3.8, 4) is 11.8 Å². The standard InChI is InChI=1S/C13H15F3N2O/c1-9(6-13(14,15)16)18-8-10-3-4-11(7-17)12(5-10)19-2/h3-5,9,18H,6,8H2,1-2H3. The predicted molar refractivity (Wildman–Crippen MR) is 64.7 cm³/mol. The molecule has 6 heteroatoms. The van der Waals surface area contributed by atoms with Gasteiger partial charge in [0.1, 0.15) is 11.8 Å². The van der Waals surface area contributed by atoms with Crippen LogP contribution in [0.2, 0.25) is 0 Å². The minimum atomic E-state index is -4.17. The second-order valence-corrected chi connectivity index (χ2v) is 4.25. The van der Waals surface area contributed by atoms with Crippen molar-refractivity contribution >= 4 is 0 Å². The van der Waals surface area contributed by atoms with E-state index in [0.29, 0.717) is 17.9 Å².